The third-order valence-electron chi connectivity index (χ3n) is 5.68. The summed E-state index contributed by atoms with van der Waals surface area (Å²) in [6.45, 7) is 4.37. The summed E-state index contributed by atoms with van der Waals surface area (Å²) in [4.78, 5) is 15.6. The molecule has 0 saturated heterocycles. The summed E-state index contributed by atoms with van der Waals surface area (Å²) < 4.78 is 14.6. The maximum Gasteiger partial charge on any atom is 0.307 e. The number of hydrogen-bond acceptors (Lipinski definition) is 4. The number of carbonyl (C=O) groups excluding carboxylic acids is 1. The molecule has 2 N–H and O–H groups in total. The molecule has 0 bridgehead atoms. The van der Waals surface area contributed by atoms with Crippen LogP contribution in [0.15, 0.2) is 86.9 Å². The fraction of sp³-hybridized carbons (Fsp3) is 0.111. The van der Waals surface area contributed by atoms with Crippen LogP contribution in [0.4, 0.5) is 0 Å². The number of aryl methyl sites for hydroxylation is 2. The Morgan fingerprint density at radius 1 is 1.09 bits per heavy atom. The Bertz CT molecular complexity index is 1510. The van der Waals surface area contributed by atoms with Gasteiger partial charge in [-0.05, 0) is 80.6 Å². The topological polar surface area (TPSA) is 84.5 Å². The van der Waals surface area contributed by atoms with Crippen molar-refractivity contribution in [1.82, 2.24) is 15.0 Å². The monoisotopic (exact) mass is 530 g/mol. The molecule has 7 nitrogen and oxygen atoms in total. The highest BCUT2D eigenvalue weighted by molar-refractivity contribution is 9.10. The maximum atomic E-state index is 12.4. The standard InChI is InChI=1S/C27H23BrN4O3/c1-17-3-4-18(2)32(17)21-6-8-22(9-7-21)34-16-23-10-12-26(35-23)27(33)31-30-15-19-14-29-25-11-5-20(28)13-24(19)25/h3-15,29H,16H2,1-2H3,(H,31,33)/b30-15+. The minimum absolute atomic E-state index is 0.163. The molecule has 0 aliphatic rings. The average Bonchev–Trinajstić information content (AvgIpc) is 3.57. The number of benzene rings is 2. The molecule has 0 atom stereocenters. The molecule has 176 valence electrons. The first-order chi connectivity index (χ1) is 17.0. The zero-order valence-corrected chi connectivity index (χ0v) is 20.8. The quantitative estimate of drug-likeness (QED) is 0.192. The molecule has 5 rings (SSSR count). The Hall–Kier alpha value is -4.04. The lowest BCUT2D eigenvalue weighted by Crippen LogP contribution is -2.16. The van der Waals surface area contributed by atoms with Crippen molar-refractivity contribution in [2.75, 3.05) is 0 Å². The van der Waals surface area contributed by atoms with Gasteiger partial charge >= 0.3 is 5.91 Å². The predicted octanol–water partition coefficient (Wildman–Crippen LogP) is 6.27. The molecule has 35 heavy (non-hydrogen) atoms. The van der Waals surface area contributed by atoms with E-state index in [1.807, 2.05) is 48.7 Å². The number of aromatic nitrogens is 2. The van der Waals surface area contributed by atoms with E-state index >= 15 is 0 Å². The predicted molar refractivity (Wildman–Crippen MR) is 139 cm³/mol. The second-order valence-electron chi connectivity index (χ2n) is 8.13. The molecule has 0 unspecified atom stereocenters. The molecule has 0 radical (unpaired) electrons. The van der Waals surface area contributed by atoms with E-state index in [2.05, 4.69) is 62.0 Å². The van der Waals surface area contributed by atoms with Gasteiger partial charge < -0.3 is 18.7 Å². The Labute approximate surface area is 210 Å². The van der Waals surface area contributed by atoms with Gasteiger partial charge in [0.2, 0.25) is 0 Å². The molecule has 0 spiro atoms. The van der Waals surface area contributed by atoms with Crippen molar-refractivity contribution in [3.05, 3.63) is 106 Å². The van der Waals surface area contributed by atoms with Gasteiger partial charge in [0.05, 0.1) is 6.21 Å². The van der Waals surface area contributed by atoms with Gasteiger partial charge in [-0.3, -0.25) is 4.79 Å². The highest BCUT2D eigenvalue weighted by Crippen LogP contribution is 2.22. The number of halogens is 1. The zero-order valence-electron chi connectivity index (χ0n) is 19.2. The van der Waals surface area contributed by atoms with Crippen LogP contribution < -0.4 is 10.2 Å². The molecule has 3 heterocycles. The highest BCUT2D eigenvalue weighted by atomic mass is 79.9. The molecular weight excluding hydrogens is 508 g/mol. The summed E-state index contributed by atoms with van der Waals surface area (Å²) in [6.07, 6.45) is 3.43. The zero-order chi connectivity index (χ0) is 24.4. The molecule has 0 saturated carbocycles. The lowest BCUT2D eigenvalue weighted by atomic mass is 10.2. The summed E-state index contributed by atoms with van der Waals surface area (Å²) in [5.41, 5.74) is 7.78. The number of ether oxygens (including phenoxy) is 1. The molecule has 8 heteroatoms. The van der Waals surface area contributed by atoms with Crippen LogP contribution in [-0.2, 0) is 6.61 Å². The van der Waals surface area contributed by atoms with Crippen molar-refractivity contribution in [2.24, 2.45) is 5.10 Å². The van der Waals surface area contributed by atoms with Crippen LogP contribution in [0, 0.1) is 13.8 Å². The Morgan fingerprint density at radius 2 is 1.86 bits per heavy atom. The molecule has 2 aromatic carbocycles. The van der Waals surface area contributed by atoms with E-state index in [1.165, 1.54) is 11.4 Å². The second-order valence-corrected chi connectivity index (χ2v) is 9.05. The lowest BCUT2D eigenvalue weighted by Gasteiger charge is -2.10. The molecule has 0 fully saturated rings. The van der Waals surface area contributed by atoms with Gasteiger partial charge in [0.25, 0.3) is 0 Å². The number of aromatic amines is 1. The first-order valence-electron chi connectivity index (χ1n) is 11.0. The van der Waals surface area contributed by atoms with Crippen molar-refractivity contribution in [3.63, 3.8) is 0 Å². The first kappa shape index (κ1) is 22.7. The summed E-state index contributed by atoms with van der Waals surface area (Å²) in [5.74, 6) is 0.988. The molecule has 1 amide bonds. The van der Waals surface area contributed by atoms with Crippen molar-refractivity contribution >= 4 is 39.0 Å². The van der Waals surface area contributed by atoms with Gasteiger partial charge in [0, 0.05) is 44.2 Å². The fourth-order valence-electron chi connectivity index (χ4n) is 3.94. The van der Waals surface area contributed by atoms with E-state index in [1.54, 1.807) is 18.3 Å². The van der Waals surface area contributed by atoms with Crippen molar-refractivity contribution < 1.29 is 13.9 Å². The highest BCUT2D eigenvalue weighted by Gasteiger charge is 2.11. The lowest BCUT2D eigenvalue weighted by molar-refractivity contribution is 0.0923. The maximum absolute atomic E-state index is 12.4. The largest absolute Gasteiger partial charge is 0.486 e. The van der Waals surface area contributed by atoms with Crippen LogP contribution in [0.5, 0.6) is 5.75 Å². The van der Waals surface area contributed by atoms with Gasteiger partial charge in [-0.15, -0.1) is 0 Å². The van der Waals surface area contributed by atoms with Gasteiger partial charge in [-0.1, -0.05) is 15.9 Å². The van der Waals surface area contributed by atoms with E-state index in [9.17, 15) is 4.79 Å². The molecule has 0 aliphatic carbocycles. The molecule has 5 aromatic rings. The van der Waals surface area contributed by atoms with E-state index in [0.717, 1.165) is 26.6 Å². The average molecular weight is 531 g/mol. The van der Waals surface area contributed by atoms with E-state index < -0.39 is 5.91 Å². The SMILES string of the molecule is Cc1ccc(C)n1-c1ccc(OCc2ccc(C(=O)N/N=C/c3c[nH]c4ccc(Br)cc34)o2)cc1. The van der Waals surface area contributed by atoms with E-state index in [-0.39, 0.29) is 12.4 Å². The van der Waals surface area contributed by atoms with E-state index in [4.69, 9.17) is 9.15 Å². The number of amides is 1. The number of hydrazone groups is 1. The first-order valence-corrected chi connectivity index (χ1v) is 11.8. The van der Waals surface area contributed by atoms with Crippen LogP contribution in [-0.4, -0.2) is 21.7 Å². The number of fused-ring (bicyclic) bond motifs is 1. The number of hydrogen-bond donors (Lipinski definition) is 2. The molecule has 0 aliphatic heterocycles. The van der Waals surface area contributed by atoms with Crippen LogP contribution in [0.25, 0.3) is 16.6 Å². The normalized spacial score (nSPS) is 11.4. The van der Waals surface area contributed by atoms with Crippen molar-refractivity contribution in [2.45, 2.75) is 20.5 Å². The van der Waals surface area contributed by atoms with Gasteiger partial charge in [-0.2, -0.15) is 5.10 Å². The molecule has 3 aromatic heterocycles. The van der Waals surface area contributed by atoms with Gasteiger partial charge in [0.1, 0.15) is 18.1 Å². The van der Waals surface area contributed by atoms with Gasteiger partial charge in [-0.25, -0.2) is 5.43 Å². The van der Waals surface area contributed by atoms with Crippen LogP contribution in [0.3, 0.4) is 0 Å². The van der Waals surface area contributed by atoms with E-state index in [0.29, 0.717) is 11.5 Å². The van der Waals surface area contributed by atoms with Crippen LogP contribution in [0.2, 0.25) is 0 Å². The smallest absolute Gasteiger partial charge is 0.307 e. The number of nitrogens with one attached hydrogen (secondary N) is 2. The van der Waals surface area contributed by atoms with Crippen LogP contribution in [0.1, 0.15) is 33.3 Å². The Kier molecular flexibility index (Phi) is 6.29. The summed E-state index contributed by atoms with van der Waals surface area (Å²) in [6, 6.07) is 21.3. The summed E-state index contributed by atoms with van der Waals surface area (Å²) in [7, 11) is 0. The third-order valence-corrected chi connectivity index (χ3v) is 6.17. The number of nitrogens with zero attached hydrogens (tertiary/aromatic N) is 2. The van der Waals surface area contributed by atoms with Crippen molar-refractivity contribution in [3.8, 4) is 11.4 Å². The summed E-state index contributed by atoms with van der Waals surface area (Å²) in [5, 5.41) is 5.06. The minimum Gasteiger partial charge on any atom is -0.486 e. The third kappa shape index (κ3) is 4.93. The number of H-pyrrole nitrogens is 1. The van der Waals surface area contributed by atoms with Gasteiger partial charge in [0.15, 0.2) is 5.76 Å². The van der Waals surface area contributed by atoms with Crippen LogP contribution >= 0.6 is 15.9 Å². The Balaban J connectivity index is 1.17. The Morgan fingerprint density at radius 3 is 2.63 bits per heavy atom. The fourth-order valence-corrected chi connectivity index (χ4v) is 4.30. The molecular formula is C27H23BrN4O3. The number of furan rings is 1. The minimum atomic E-state index is -0.435. The number of rotatable bonds is 7. The number of carbonyl (C=O) groups is 1. The summed E-state index contributed by atoms with van der Waals surface area (Å²) >= 11 is 3.47. The second kappa shape index (κ2) is 9.68. The van der Waals surface area contributed by atoms with Crippen molar-refractivity contribution in [1.29, 1.82) is 0 Å².